The van der Waals surface area contributed by atoms with Crippen LogP contribution in [-0.2, 0) is 10.2 Å². The van der Waals surface area contributed by atoms with E-state index in [2.05, 4.69) is 28.1 Å². The van der Waals surface area contributed by atoms with Gasteiger partial charge in [0.1, 0.15) is 0 Å². The molecule has 1 unspecified atom stereocenters. The molecule has 1 aromatic carbocycles. The van der Waals surface area contributed by atoms with Gasteiger partial charge in [-0.1, -0.05) is 39.7 Å². The molecule has 1 heterocycles. The summed E-state index contributed by atoms with van der Waals surface area (Å²) >= 11 is 9.43. The monoisotopic (exact) mass is 341 g/mol. The quantitative estimate of drug-likeness (QED) is 0.765. The highest BCUT2D eigenvalue weighted by Gasteiger charge is 2.47. The van der Waals surface area contributed by atoms with Crippen molar-refractivity contribution >= 4 is 33.4 Å². The van der Waals surface area contributed by atoms with Crippen LogP contribution in [0.4, 0.5) is 0 Å². The number of amides is 1. The molecular weight excluding hydrogens is 326 g/mol. The average molecular weight is 343 g/mol. The van der Waals surface area contributed by atoms with Gasteiger partial charge in [0.2, 0.25) is 5.91 Å². The standard InChI is InChI=1S/C15H17BrClNO/c16-8-11-7-14(19)18(9-11)10-15(5-6-15)12-1-3-13(17)4-2-12/h1-4,11H,5-10H2. The molecule has 0 radical (unpaired) electrons. The van der Waals surface area contributed by atoms with E-state index in [-0.39, 0.29) is 5.41 Å². The first-order chi connectivity index (χ1) is 9.13. The molecule has 1 amide bonds. The molecule has 1 aliphatic carbocycles. The molecule has 4 heteroatoms. The van der Waals surface area contributed by atoms with Crippen LogP contribution in [0, 0.1) is 5.92 Å². The Labute approximate surface area is 127 Å². The van der Waals surface area contributed by atoms with Gasteiger partial charge in [0, 0.05) is 35.3 Å². The highest BCUT2D eigenvalue weighted by molar-refractivity contribution is 9.09. The van der Waals surface area contributed by atoms with Gasteiger partial charge in [0.15, 0.2) is 0 Å². The van der Waals surface area contributed by atoms with Crippen molar-refractivity contribution in [3.05, 3.63) is 34.9 Å². The normalized spacial score (nSPS) is 24.8. The predicted octanol–water partition coefficient (Wildman–Crippen LogP) is 3.62. The molecule has 102 valence electrons. The second-order valence-corrected chi connectivity index (χ2v) is 6.87. The van der Waals surface area contributed by atoms with Crippen molar-refractivity contribution < 1.29 is 4.79 Å². The van der Waals surface area contributed by atoms with Crippen molar-refractivity contribution in [2.45, 2.75) is 24.7 Å². The zero-order chi connectivity index (χ0) is 13.5. The number of hydrogen-bond acceptors (Lipinski definition) is 1. The van der Waals surface area contributed by atoms with Crippen molar-refractivity contribution in [3.8, 4) is 0 Å². The summed E-state index contributed by atoms with van der Waals surface area (Å²) in [6, 6.07) is 8.11. The SMILES string of the molecule is O=C1CC(CBr)CN1CC1(c2ccc(Cl)cc2)CC1. The maximum atomic E-state index is 12.0. The zero-order valence-electron chi connectivity index (χ0n) is 10.7. The second-order valence-electron chi connectivity index (χ2n) is 5.79. The average Bonchev–Trinajstić information content (AvgIpc) is 3.10. The molecule has 3 rings (SSSR count). The van der Waals surface area contributed by atoms with Crippen LogP contribution in [0.1, 0.15) is 24.8 Å². The van der Waals surface area contributed by atoms with Crippen molar-refractivity contribution in [2.24, 2.45) is 5.92 Å². The molecule has 0 N–H and O–H groups in total. The molecule has 0 bridgehead atoms. The zero-order valence-corrected chi connectivity index (χ0v) is 13.1. The molecular formula is C15H17BrClNO. The number of alkyl halides is 1. The smallest absolute Gasteiger partial charge is 0.222 e. The summed E-state index contributed by atoms with van der Waals surface area (Å²) in [5.41, 5.74) is 1.52. The Morgan fingerprint density at radius 1 is 1.32 bits per heavy atom. The van der Waals surface area contributed by atoms with E-state index in [1.807, 2.05) is 17.0 Å². The molecule has 2 fully saturated rings. The van der Waals surface area contributed by atoms with Crippen molar-refractivity contribution in [1.29, 1.82) is 0 Å². The Morgan fingerprint density at radius 2 is 2.00 bits per heavy atom. The summed E-state index contributed by atoms with van der Waals surface area (Å²) in [4.78, 5) is 14.1. The molecule has 2 nitrogen and oxygen atoms in total. The van der Waals surface area contributed by atoms with Gasteiger partial charge in [-0.3, -0.25) is 4.79 Å². The van der Waals surface area contributed by atoms with E-state index in [1.165, 1.54) is 18.4 Å². The van der Waals surface area contributed by atoms with Crippen LogP contribution in [0.25, 0.3) is 0 Å². The lowest BCUT2D eigenvalue weighted by Crippen LogP contribution is -2.34. The molecule has 1 aromatic rings. The number of carbonyl (C=O) groups is 1. The van der Waals surface area contributed by atoms with Gasteiger partial charge < -0.3 is 4.90 Å². The molecule has 1 saturated carbocycles. The van der Waals surface area contributed by atoms with Gasteiger partial charge in [-0.05, 0) is 36.5 Å². The number of carbonyl (C=O) groups excluding carboxylic acids is 1. The Bertz CT molecular complexity index is 483. The van der Waals surface area contributed by atoms with Crippen LogP contribution in [0.2, 0.25) is 5.02 Å². The highest BCUT2D eigenvalue weighted by atomic mass is 79.9. The van der Waals surface area contributed by atoms with E-state index >= 15 is 0 Å². The minimum Gasteiger partial charge on any atom is -0.341 e. The molecule has 0 spiro atoms. The Kier molecular flexibility index (Phi) is 3.61. The third-order valence-corrected chi connectivity index (χ3v) is 5.48. The van der Waals surface area contributed by atoms with E-state index in [9.17, 15) is 4.79 Å². The maximum absolute atomic E-state index is 12.0. The van der Waals surface area contributed by atoms with Gasteiger partial charge >= 0.3 is 0 Å². The van der Waals surface area contributed by atoms with E-state index in [1.54, 1.807) is 0 Å². The van der Waals surface area contributed by atoms with E-state index in [0.717, 1.165) is 23.4 Å². The van der Waals surface area contributed by atoms with E-state index < -0.39 is 0 Å². The summed E-state index contributed by atoms with van der Waals surface area (Å²) in [6.45, 7) is 1.77. The fourth-order valence-corrected chi connectivity index (χ4v) is 3.53. The number of halogens is 2. The van der Waals surface area contributed by atoms with Crippen molar-refractivity contribution in [1.82, 2.24) is 4.90 Å². The summed E-state index contributed by atoms with van der Waals surface area (Å²) in [6.07, 6.45) is 3.05. The van der Waals surface area contributed by atoms with Crippen LogP contribution >= 0.6 is 27.5 Å². The van der Waals surface area contributed by atoms with Crippen LogP contribution in [0.5, 0.6) is 0 Å². The molecule has 19 heavy (non-hydrogen) atoms. The summed E-state index contributed by atoms with van der Waals surface area (Å²) in [5, 5.41) is 1.69. The molecule has 1 aliphatic heterocycles. The largest absolute Gasteiger partial charge is 0.341 e. The Balaban J connectivity index is 1.72. The number of hydrogen-bond donors (Lipinski definition) is 0. The van der Waals surface area contributed by atoms with Gasteiger partial charge in [-0.15, -0.1) is 0 Å². The van der Waals surface area contributed by atoms with Crippen molar-refractivity contribution in [2.75, 3.05) is 18.4 Å². The van der Waals surface area contributed by atoms with Crippen LogP contribution in [-0.4, -0.2) is 29.2 Å². The molecule has 0 aromatic heterocycles. The predicted molar refractivity (Wildman–Crippen MR) is 80.8 cm³/mol. The molecule has 1 saturated heterocycles. The number of likely N-dealkylation sites (tertiary alicyclic amines) is 1. The topological polar surface area (TPSA) is 20.3 Å². The number of rotatable bonds is 4. The number of benzene rings is 1. The van der Waals surface area contributed by atoms with E-state index in [0.29, 0.717) is 18.2 Å². The summed E-state index contributed by atoms with van der Waals surface area (Å²) < 4.78 is 0. The summed E-state index contributed by atoms with van der Waals surface area (Å²) in [5.74, 6) is 0.790. The van der Waals surface area contributed by atoms with E-state index in [4.69, 9.17) is 11.6 Å². The first-order valence-corrected chi connectivity index (χ1v) is 8.23. The Morgan fingerprint density at radius 3 is 2.53 bits per heavy atom. The van der Waals surface area contributed by atoms with Crippen LogP contribution < -0.4 is 0 Å². The lowest BCUT2D eigenvalue weighted by Gasteiger charge is -2.24. The maximum Gasteiger partial charge on any atom is 0.222 e. The van der Waals surface area contributed by atoms with Gasteiger partial charge in [-0.25, -0.2) is 0 Å². The van der Waals surface area contributed by atoms with Gasteiger partial charge in [-0.2, -0.15) is 0 Å². The van der Waals surface area contributed by atoms with Crippen LogP contribution in [0.3, 0.4) is 0 Å². The van der Waals surface area contributed by atoms with Crippen molar-refractivity contribution in [3.63, 3.8) is 0 Å². The third-order valence-electron chi connectivity index (χ3n) is 4.32. The lowest BCUT2D eigenvalue weighted by atomic mass is 9.95. The fraction of sp³-hybridized carbons (Fsp3) is 0.533. The highest BCUT2D eigenvalue weighted by Crippen LogP contribution is 2.49. The summed E-state index contributed by atoms with van der Waals surface area (Å²) in [7, 11) is 0. The Hall–Kier alpha value is -0.540. The minimum atomic E-state index is 0.196. The minimum absolute atomic E-state index is 0.196. The fourth-order valence-electron chi connectivity index (χ4n) is 2.97. The van der Waals surface area contributed by atoms with Gasteiger partial charge in [0.05, 0.1) is 0 Å². The number of nitrogens with zero attached hydrogens (tertiary/aromatic N) is 1. The second kappa shape index (κ2) is 5.10. The first kappa shape index (κ1) is 13.4. The van der Waals surface area contributed by atoms with Gasteiger partial charge in [0.25, 0.3) is 0 Å². The third kappa shape index (κ3) is 2.68. The van der Waals surface area contributed by atoms with Crippen LogP contribution in [0.15, 0.2) is 24.3 Å². The first-order valence-electron chi connectivity index (χ1n) is 6.73. The lowest BCUT2D eigenvalue weighted by molar-refractivity contribution is -0.128. The molecule has 2 aliphatic rings. The molecule has 1 atom stereocenters.